The van der Waals surface area contributed by atoms with Gasteiger partial charge in [-0.25, -0.2) is 0 Å². The number of nitrogens with zero attached hydrogens (tertiary/aromatic N) is 1. The van der Waals surface area contributed by atoms with Crippen molar-refractivity contribution in [2.24, 2.45) is 0 Å². The van der Waals surface area contributed by atoms with Gasteiger partial charge in [0.2, 0.25) is 0 Å². The van der Waals surface area contributed by atoms with Crippen LogP contribution < -0.4 is 5.32 Å². The smallest absolute Gasteiger partial charge is 0.0726 e. The molecule has 2 atom stereocenters. The fourth-order valence-corrected chi connectivity index (χ4v) is 2.14. The largest absolute Gasteiger partial charge is 0.377 e. The normalized spacial score (nSPS) is 22.2. The molecule has 3 nitrogen and oxygen atoms in total. The molecule has 0 radical (unpaired) electrons. The van der Waals surface area contributed by atoms with Gasteiger partial charge in [0.15, 0.2) is 0 Å². The van der Waals surface area contributed by atoms with Crippen molar-refractivity contribution < 1.29 is 4.74 Å². The predicted molar refractivity (Wildman–Crippen MR) is 67.2 cm³/mol. The first-order valence-electron chi connectivity index (χ1n) is 5.71. The lowest BCUT2D eigenvalue weighted by Crippen LogP contribution is -2.36. The van der Waals surface area contributed by atoms with Crippen molar-refractivity contribution in [2.45, 2.75) is 38.5 Å². The van der Waals surface area contributed by atoms with Crippen molar-refractivity contribution in [2.75, 3.05) is 6.61 Å². The molecule has 1 saturated heterocycles. The number of rotatable bonds is 4. The van der Waals surface area contributed by atoms with Crippen LogP contribution in [0.5, 0.6) is 0 Å². The van der Waals surface area contributed by atoms with E-state index in [0.717, 1.165) is 23.3 Å². The topological polar surface area (TPSA) is 34.2 Å². The highest BCUT2D eigenvalue weighted by Crippen LogP contribution is 2.15. The lowest BCUT2D eigenvalue weighted by molar-refractivity contribution is 0.0831. The minimum absolute atomic E-state index is 0.371. The first-order valence-corrected chi connectivity index (χ1v) is 6.50. The monoisotopic (exact) mass is 284 g/mol. The van der Waals surface area contributed by atoms with Crippen molar-refractivity contribution in [3.05, 3.63) is 28.5 Å². The summed E-state index contributed by atoms with van der Waals surface area (Å²) in [4.78, 5) is 4.33. The van der Waals surface area contributed by atoms with E-state index in [4.69, 9.17) is 4.74 Å². The van der Waals surface area contributed by atoms with Gasteiger partial charge in [-0.1, -0.05) is 0 Å². The van der Waals surface area contributed by atoms with Gasteiger partial charge in [-0.05, 0) is 47.8 Å². The zero-order chi connectivity index (χ0) is 11.4. The van der Waals surface area contributed by atoms with E-state index in [-0.39, 0.29) is 0 Å². The maximum absolute atomic E-state index is 5.63. The van der Waals surface area contributed by atoms with Crippen LogP contribution in [-0.2, 0) is 11.3 Å². The van der Waals surface area contributed by atoms with Gasteiger partial charge in [0.1, 0.15) is 0 Å². The van der Waals surface area contributed by atoms with E-state index < -0.39 is 0 Å². The van der Waals surface area contributed by atoms with Crippen LogP contribution in [0.25, 0.3) is 0 Å². The van der Waals surface area contributed by atoms with E-state index in [1.165, 1.54) is 12.8 Å². The Balaban J connectivity index is 1.80. The molecule has 88 valence electrons. The third kappa shape index (κ3) is 3.27. The Bertz CT molecular complexity index is 322. The van der Waals surface area contributed by atoms with Crippen LogP contribution in [0.1, 0.15) is 25.5 Å². The number of pyridine rings is 1. The van der Waals surface area contributed by atoms with E-state index in [1.807, 2.05) is 18.3 Å². The Morgan fingerprint density at radius 2 is 2.50 bits per heavy atom. The highest BCUT2D eigenvalue weighted by molar-refractivity contribution is 9.10. The van der Waals surface area contributed by atoms with E-state index in [2.05, 4.69) is 33.2 Å². The Hall–Kier alpha value is -0.450. The fraction of sp³-hybridized carbons (Fsp3) is 0.583. The zero-order valence-corrected chi connectivity index (χ0v) is 11.0. The van der Waals surface area contributed by atoms with Gasteiger partial charge >= 0.3 is 0 Å². The molecule has 1 N–H and O–H groups in total. The van der Waals surface area contributed by atoms with Crippen LogP contribution in [0.15, 0.2) is 22.8 Å². The average molecular weight is 285 g/mol. The third-order valence-electron chi connectivity index (χ3n) is 2.92. The van der Waals surface area contributed by atoms with Gasteiger partial charge < -0.3 is 10.1 Å². The Morgan fingerprint density at radius 1 is 1.62 bits per heavy atom. The summed E-state index contributed by atoms with van der Waals surface area (Å²) in [5.41, 5.74) is 1.06. The highest BCUT2D eigenvalue weighted by Gasteiger charge is 2.21. The van der Waals surface area contributed by atoms with Crippen LogP contribution in [0, 0.1) is 0 Å². The standard InChI is InChI=1S/C12H17BrN2O/c1-9(12-3-2-6-16-12)14-8-11-5-4-10(13)7-15-11/h4-5,7,9,12,14H,2-3,6,8H2,1H3. The number of hydrogen-bond acceptors (Lipinski definition) is 3. The van der Waals surface area contributed by atoms with Gasteiger partial charge in [0.05, 0.1) is 11.8 Å². The van der Waals surface area contributed by atoms with Crippen LogP contribution in [0.3, 0.4) is 0 Å². The molecular formula is C12H17BrN2O. The van der Waals surface area contributed by atoms with Crippen LogP contribution in [0.4, 0.5) is 0 Å². The van der Waals surface area contributed by atoms with Crippen molar-refractivity contribution in [3.8, 4) is 0 Å². The van der Waals surface area contributed by atoms with E-state index in [1.54, 1.807) is 0 Å². The lowest BCUT2D eigenvalue weighted by atomic mass is 10.1. The number of aromatic nitrogens is 1. The molecule has 2 unspecified atom stereocenters. The number of hydrogen-bond donors (Lipinski definition) is 1. The van der Waals surface area contributed by atoms with Crippen LogP contribution >= 0.6 is 15.9 Å². The maximum Gasteiger partial charge on any atom is 0.0726 e. The summed E-state index contributed by atoms with van der Waals surface area (Å²) in [5, 5.41) is 3.46. The number of nitrogens with one attached hydrogen (secondary N) is 1. The van der Waals surface area contributed by atoms with Gasteiger partial charge in [0, 0.05) is 29.9 Å². The molecule has 0 amide bonds. The molecule has 1 aliphatic heterocycles. The molecule has 2 heterocycles. The highest BCUT2D eigenvalue weighted by atomic mass is 79.9. The molecule has 1 aromatic rings. The van der Waals surface area contributed by atoms with Crippen molar-refractivity contribution in [3.63, 3.8) is 0 Å². The SMILES string of the molecule is CC(NCc1ccc(Br)cn1)C1CCCO1. The summed E-state index contributed by atoms with van der Waals surface area (Å²) >= 11 is 3.38. The summed E-state index contributed by atoms with van der Waals surface area (Å²) in [5.74, 6) is 0. The molecule has 16 heavy (non-hydrogen) atoms. The molecule has 0 saturated carbocycles. The minimum atomic E-state index is 0.371. The number of ether oxygens (including phenoxy) is 1. The molecule has 0 bridgehead atoms. The van der Waals surface area contributed by atoms with E-state index in [9.17, 15) is 0 Å². The average Bonchev–Trinajstić information content (AvgIpc) is 2.81. The molecule has 0 spiro atoms. The number of halogens is 1. The van der Waals surface area contributed by atoms with Crippen LogP contribution in [0.2, 0.25) is 0 Å². The molecular weight excluding hydrogens is 268 g/mol. The molecule has 1 fully saturated rings. The molecule has 0 aliphatic carbocycles. The third-order valence-corrected chi connectivity index (χ3v) is 3.39. The summed E-state index contributed by atoms with van der Waals surface area (Å²) in [6, 6.07) is 4.44. The Labute approximate surface area is 105 Å². The first-order chi connectivity index (χ1) is 7.75. The van der Waals surface area contributed by atoms with Crippen LogP contribution in [-0.4, -0.2) is 23.7 Å². The molecule has 2 rings (SSSR count). The zero-order valence-electron chi connectivity index (χ0n) is 9.45. The minimum Gasteiger partial charge on any atom is -0.377 e. The van der Waals surface area contributed by atoms with Crippen molar-refractivity contribution >= 4 is 15.9 Å². The Morgan fingerprint density at radius 3 is 3.12 bits per heavy atom. The molecule has 1 aromatic heterocycles. The maximum atomic E-state index is 5.63. The second kappa shape index (κ2) is 5.75. The second-order valence-corrected chi connectivity index (χ2v) is 5.10. The molecule has 0 aromatic carbocycles. The second-order valence-electron chi connectivity index (χ2n) is 4.19. The van der Waals surface area contributed by atoms with Gasteiger partial charge in [-0.3, -0.25) is 4.98 Å². The quantitative estimate of drug-likeness (QED) is 0.923. The molecule has 1 aliphatic rings. The van der Waals surface area contributed by atoms with Gasteiger partial charge in [0.25, 0.3) is 0 Å². The first kappa shape index (κ1) is 12.0. The summed E-state index contributed by atoms with van der Waals surface area (Å²) < 4.78 is 6.65. The van der Waals surface area contributed by atoms with Gasteiger partial charge in [-0.2, -0.15) is 0 Å². The van der Waals surface area contributed by atoms with Crippen molar-refractivity contribution in [1.82, 2.24) is 10.3 Å². The summed E-state index contributed by atoms with van der Waals surface area (Å²) in [6.07, 6.45) is 4.55. The van der Waals surface area contributed by atoms with E-state index >= 15 is 0 Å². The lowest BCUT2D eigenvalue weighted by Gasteiger charge is -2.19. The van der Waals surface area contributed by atoms with Gasteiger partial charge in [-0.15, -0.1) is 0 Å². The van der Waals surface area contributed by atoms with E-state index in [0.29, 0.717) is 12.1 Å². The molecule has 4 heteroatoms. The Kier molecular flexibility index (Phi) is 4.32. The van der Waals surface area contributed by atoms with Crippen molar-refractivity contribution in [1.29, 1.82) is 0 Å². The summed E-state index contributed by atoms with van der Waals surface area (Å²) in [7, 11) is 0. The fourth-order valence-electron chi connectivity index (χ4n) is 1.90. The predicted octanol–water partition coefficient (Wildman–Crippen LogP) is 2.50. The summed E-state index contributed by atoms with van der Waals surface area (Å²) in [6.45, 7) is 3.89.